The minimum atomic E-state index is -0.286. The lowest BCUT2D eigenvalue weighted by atomic mass is 10.2. The number of rotatable bonds is 3. The van der Waals surface area contributed by atoms with Crippen LogP contribution in [0.2, 0.25) is 0 Å². The predicted molar refractivity (Wildman–Crippen MR) is 89.5 cm³/mol. The zero-order valence-corrected chi connectivity index (χ0v) is 13.6. The van der Waals surface area contributed by atoms with Crippen LogP contribution in [0.5, 0.6) is 0 Å². The average Bonchev–Trinajstić information content (AvgIpc) is 2.41. The normalized spacial score (nSPS) is 10.5. The van der Waals surface area contributed by atoms with Gasteiger partial charge in [-0.3, -0.25) is 0 Å². The van der Waals surface area contributed by atoms with Gasteiger partial charge in [-0.1, -0.05) is 56.1 Å². The van der Waals surface area contributed by atoms with Crippen LogP contribution in [0.3, 0.4) is 0 Å². The molecule has 20 heavy (non-hydrogen) atoms. The summed E-state index contributed by atoms with van der Waals surface area (Å²) in [4.78, 5) is 11.7. The van der Waals surface area contributed by atoms with Crippen LogP contribution in [0.15, 0.2) is 63.7 Å². The van der Waals surface area contributed by atoms with Crippen LogP contribution in [0.4, 0.5) is 10.5 Å². The minimum Gasteiger partial charge on any atom is -0.314 e. The van der Waals surface area contributed by atoms with Gasteiger partial charge in [-0.05, 0) is 35.9 Å². The van der Waals surface area contributed by atoms with Crippen LogP contribution >= 0.6 is 31.9 Å². The summed E-state index contributed by atoms with van der Waals surface area (Å²) in [6.45, 7) is 0. The molecule has 3 nitrogen and oxygen atoms in total. The van der Waals surface area contributed by atoms with Crippen molar-refractivity contribution in [2.75, 3.05) is 5.32 Å². The number of benzene rings is 2. The number of amides is 2. The van der Waals surface area contributed by atoms with Crippen molar-refractivity contribution in [2.45, 2.75) is 0 Å². The molecular weight excluding hydrogens is 384 g/mol. The van der Waals surface area contributed by atoms with E-state index in [1.165, 1.54) is 0 Å². The Morgan fingerprint density at radius 2 is 1.85 bits per heavy atom. The summed E-state index contributed by atoms with van der Waals surface area (Å²) in [5.74, 6) is 0. The zero-order chi connectivity index (χ0) is 14.4. The third-order valence-electron chi connectivity index (χ3n) is 2.47. The first-order chi connectivity index (χ1) is 9.65. The molecule has 2 amide bonds. The van der Waals surface area contributed by atoms with Gasteiger partial charge in [0.15, 0.2) is 0 Å². The molecular formula is C15H12Br2N2O. The van der Waals surface area contributed by atoms with Crippen molar-refractivity contribution in [2.24, 2.45) is 0 Å². The molecule has 102 valence electrons. The van der Waals surface area contributed by atoms with E-state index >= 15 is 0 Å². The minimum absolute atomic E-state index is 0.286. The van der Waals surface area contributed by atoms with E-state index in [-0.39, 0.29) is 6.03 Å². The second kappa shape index (κ2) is 7.26. The fraction of sp³-hybridized carbons (Fsp3) is 0. The van der Waals surface area contributed by atoms with Crippen LogP contribution < -0.4 is 10.6 Å². The highest BCUT2D eigenvalue weighted by Gasteiger charge is 1.99. The summed E-state index contributed by atoms with van der Waals surface area (Å²) in [5.41, 5.74) is 1.72. The molecule has 2 rings (SSSR count). The number of hydrogen-bond acceptors (Lipinski definition) is 1. The number of hydrogen-bond donors (Lipinski definition) is 2. The van der Waals surface area contributed by atoms with E-state index in [0.717, 1.165) is 20.2 Å². The fourth-order valence-electron chi connectivity index (χ4n) is 1.55. The molecule has 2 aromatic rings. The lowest BCUT2D eigenvalue weighted by Crippen LogP contribution is -2.23. The molecule has 0 aromatic heterocycles. The first-order valence-electron chi connectivity index (χ1n) is 5.89. The predicted octanol–water partition coefficient (Wildman–Crippen LogP) is 5.00. The number of urea groups is 1. The van der Waals surface area contributed by atoms with E-state index in [1.54, 1.807) is 6.20 Å². The number of carbonyl (C=O) groups excluding carboxylic acids is 1. The molecule has 0 spiro atoms. The van der Waals surface area contributed by atoms with Crippen LogP contribution in [-0.4, -0.2) is 6.03 Å². The summed E-state index contributed by atoms with van der Waals surface area (Å²) >= 11 is 6.79. The maximum Gasteiger partial charge on any atom is 0.323 e. The molecule has 0 heterocycles. The third kappa shape index (κ3) is 4.51. The smallest absolute Gasteiger partial charge is 0.314 e. The van der Waals surface area contributed by atoms with Crippen molar-refractivity contribution in [1.29, 1.82) is 0 Å². The first-order valence-corrected chi connectivity index (χ1v) is 7.48. The Kier molecular flexibility index (Phi) is 5.38. The Bertz CT molecular complexity index is 641. The van der Waals surface area contributed by atoms with Crippen LogP contribution in [-0.2, 0) is 0 Å². The molecule has 0 bridgehead atoms. The van der Waals surface area contributed by atoms with E-state index in [0.29, 0.717) is 0 Å². The van der Waals surface area contributed by atoms with E-state index < -0.39 is 0 Å². The summed E-state index contributed by atoms with van der Waals surface area (Å²) in [7, 11) is 0. The standard InChI is InChI=1S/C15H12Br2N2O/c16-12-5-3-6-13(10-12)19-15(20)18-9-8-11-4-1-2-7-14(11)17/h1-10H,(H2,18,19,20)/b9-8+. The van der Waals surface area contributed by atoms with Crippen molar-refractivity contribution in [3.63, 3.8) is 0 Å². The van der Waals surface area contributed by atoms with Gasteiger partial charge in [-0.15, -0.1) is 0 Å². The van der Waals surface area contributed by atoms with Crippen LogP contribution in [0.1, 0.15) is 5.56 Å². The van der Waals surface area contributed by atoms with Crippen LogP contribution in [0, 0.1) is 0 Å². The molecule has 5 heteroatoms. The molecule has 2 N–H and O–H groups in total. The molecule has 0 saturated carbocycles. The van der Waals surface area contributed by atoms with Gasteiger partial charge in [-0.2, -0.15) is 0 Å². The highest BCUT2D eigenvalue weighted by atomic mass is 79.9. The number of nitrogens with one attached hydrogen (secondary N) is 2. The van der Waals surface area contributed by atoms with Crippen molar-refractivity contribution in [1.82, 2.24) is 5.32 Å². The van der Waals surface area contributed by atoms with E-state index in [4.69, 9.17) is 0 Å². The quantitative estimate of drug-likeness (QED) is 0.753. The zero-order valence-electron chi connectivity index (χ0n) is 10.4. The van der Waals surface area contributed by atoms with Crippen LogP contribution in [0.25, 0.3) is 6.08 Å². The van der Waals surface area contributed by atoms with E-state index in [9.17, 15) is 4.79 Å². The summed E-state index contributed by atoms with van der Waals surface area (Å²) < 4.78 is 1.89. The van der Waals surface area contributed by atoms with Gasteiger partial charge in [0.2, 0.25) is 0 Å². The first kappa shape index (κ1) is 14.8. The average molecular weight is 396 g/mol. The van der Waals surface area contributed by atoms with Crippen molar-refractivity contribution in [3.8, 4) is 0 Å². The second-order valence-corrected chi connectivity index (χ2v) is 5.73. The fourth-order valence-corrected chi connectivity index (χ4v) is 2.37. The molecule has 0 aliphatic carbocycles. The molecule has 0 saturated heterocycles. The van der Waals surface area contributed by atoms with Gasteiger partial charge in [0, 0.05) is 20.8 Å². The van der Waals surface area contributed by atoms with Crippen molar-refractivity contribution < 1.29 is 4.79 Å². The van der Waals surface area contributed by atoms with Gasteiger partial charge >= 0.3 is 6.03 Å². The summed E-state index contributed by atoms with van der Waals surface area (Å²) in [6, 6.07) is 14.9. The number of halogens is 2. The SMILES string of the molecule is O=C(N/C=C/c1ccccc1Br)Nc1cccc(Br)c1. The van der Waals surface area contributed by atoms with Gasteiger partial charge in [0.1, 0.15) is 0 Å². The Morgan fingerprint density at radius 3 is 2.60 bits per heavy atom. The maximum atomic E-state index is 11.7. The Labute approximate surface area is 134 Å². The highest BCUT2D eigenvalue weighted by molar-refractivity contribution is 9.10. The largest absolute Gasteiger partial charge is 0.323 e. The van der Waals surface area contributed by atoms with E-state index in [2.05, 4.69) is 42.5 Å². The summed E-state index contributed by atoms with van der Waals surface area (Å²) in [5, 5.41) is 5.40. The van der Waals surface area contributed by atoms with Gasteiger partial charge in [0.05, 0.1) is 0 Å². The molecule has 0 atom stereocenters. The van der Waals surface area contributed by atoms with E-state index in [1.807, 2.05) is 54.6 Å². The molecule has 0 aliphatic rings. The molecule has 2 aromatic carbocycles. The Morgan fingerprint density at radius 1 is 1.05 bits per heavy atom. The Balaban J connectivity index is 1.91. The topological polar surface area (TPSA) is 41.1 Å². The van der Waals surface area contributed by atoms with Crippen molar-refractivity contribution >= 4 is 49.7 Å². The third-order valence-corrected chi connectivity index (χ3v) is 3.68. The summed E-state index contributed by atoms with van der Waals surface area (Å²) in [6.07, 6.45) is 3.43. The number of anilines is 1. The monoisotopic (exact) mass is 394 g/mol. The van der Waals surface area contributed by atoms with Gasteiger partial charge < -0.3 is 10.6 Å². The van der Waals surface area contributed by atoms with Gasteiger partial charge in [0.25, 0.3) is 0 Å². The molecule has 0 unspecified atom stereocenters. The molecule has 0 fully saturated rings. The Hall–Kier alpha value is -1.59. The van der Waals surface area contributed by atoms with Crippen molar-refractivity contribution in [3.05, 3.63) is 69.2 Å². The van der Waals surface area contributed by atoms with Gasteiger partial charge in [-0.25, -0.2) is 4.79 Å². The molecule has 0 radical (unpaired) electrons. The lowest BCUT2D eigenvalue weighted by Gasteiger charge is -2.04. The molecule has 0 aliphatic heterocycles. The maximum absolute atomic E-state index is 11.7. The second-order valence-electron chi connectivity index (χ2n) is 3.96. The number of carbonyl (C=O) groups is 1. The highest BCUT2D eigenvalue weighted by Crippen LogP contribution is 2.17. The lowest BCUT2D eigenvalue weighted by molar-refractivity contribution is 0.255.